The molecule has 12 aromatic rings. The molecule has 5 nitrogen and oxygen atoms in total. The highest BCUT2D eigenvalue weighted by Crippen LogP contribution is 2.50. The summed E-state index contributed by atoms with van der Waals surface area (Å²) in [4.78, 5) is 9.85. The zero-order chi connectivity index (χ0) is 52.7. The van der Waals surface area contributed by atoms with Gasteiger partial charge in [-0.1, -0.05) is 199 Å². The van der Waals surface area contributed by atoms with Crippen LogP contribution in [0.5, 0.6) is 23.0 Å². The maximum absolute atomic E-state index is 7.07. The van der Waals surface area contributed by atoms with Crippen molar-refractivity contribution in [3.8, 4) is 45.3 Å². The molecule has 0 amide bonds. The molecule has 16 rings (SSSR count). The molecule has 0 saturated heterocycles. The first kappa shape index (κ1) is 46.2. The van der Waals surface area contributed by atoms with Crippen LogP contribution in [0, 0.1) is 0 Å². The lowest BCUT2D eigenvalue weighted by atomic mass is 9.30. The summed E-state index contributed by atoms with van der Waals surface area (Å²) in [6.07, 6.45) is 0. The van der Waals surface area contributed by atoms with Crippen LogP contribution in [-0.2, 0) is 0 Å². The molecule has 4 aliphatic heterocycles. The molecule has 0 aromatic heterocycles. The lowest BCUT2D eigenvalue weighted by Crippen LogP contribution is -2.64. The number of benzene rings is 12. The Morgan fingerprint density at radius 2 is 0.637 bits per heavy atom. The minimum absolute atomic E-state index is 0.0633. The lowest BCUT2D eigenvalue weighted by molar-refractivity contribution is 0.481. The standard InChI is InChI=1S/C72H47B2N3O2S/c1-6-20-48(21-7-1)50-34-38-55(39-35-50)78-57-42-66-71-67(43-57)76(53-26-12-4-13-27-53)64-47-65-62(46-61(64)73(71)59-30-16-18-32-63(59)75(66)52-24-10-3-11-25-52)74-60-31-17-19-33-69(60)80-70-45-58(44-68(72(70)74)77(65)54-28-14-5-15-29-54)79-56-40-36-51(37-41-56)49-22-8-2-9-23-49/h1-47H. The van der Waals surface area contributed by atoms with Crippen molar-refractivity contribution in [2.75, 3.05) is 14.7 Å². The molecule has 4 aliphatic rings. The monoisotopic (exact) mass is 1040 g/mol. The number of ether oxygens (including phenoxy) is 2. The van der Waals surface area contributed by atoms with Gasteiger partial charge in [-0.3, -0.25) is 0 Å². The SMILES string of the molecule is c1ccc(-c2ccc(Oc3cc4c5c(c3)N(c3ccccc3)c3cc6c(cc3B5c3ccccc3S4)B3c4ccccc4N(c4ccccc4)c4cc(Oc5ccc(-c7ccccc7)cc5)cc(c43)N6c3ccccc3)cc2)cc1. The third kappa shape index (κ3) is 7.66. The van der Waals surface area contributed by atoms with Crippen LogP contribution in [0.3, 0.4) is 0 Å². The van der Waals surface area contributed by atoms with E-state index in [0.29, 0.717) is 0 Å². The molecular weight excluding hydrogens is 993 g/mol. The first-order valence-electron chi connectivity index (χ1n) is 27.3. The molecule has 80 heavy (non-hydrogen) atoms. The van der Waals surface area contributed by atoms with Gasteiger partial charge in [0.25, 0.3) is 6.71 Å². The van der Waals surface area contributed by atoms with Gasteiger partial charge in [-0.15, -0.1) is 0 Å². The Morgan fingerprint density at radius 3 is 1.15 bits per heavy atom. The Morgan fingerprint density at radius 1 is 0.250 bits per heavy atom. The van der Waals surface area contributed by atoms with Crippen molar-refractivity contribution in [2.24, 2.45) is 0 Å². The summed E-state index contributed by atoms with van der Waals surface area (Å²) >= 11 is 1.84. The molecule has 0 unspecified atom stereocenters. The van der Waals surface area contributed by atoms with Crippen molar-refractivity contribution in [2.45, 2.75) is 9.79 Å². The molecule has 0 fully saturated rings. The lowest BCUT2D eigenvalue weighted by Gasteiger charge is -2.46. The summed E-state index contributed by atoms with van der Waals surface area (Å²) < 4.78 is 14.0. The summed E-state index contributed by atoms with van der Waals surface area (Å²) in [5.41, 5.74) is 22.0. The molecule has 0 spiro atoms. The Balaban J connectivity index is 0.925. The Labute approximate surface area is 470 Å². The van der Waals surface area contributed by atoms with E-state index in [2.05, 4.69) is 300 Å². The van der Waals surface area contributed by atoms with Crippen molar-refractivity contribution >= 4 is 109 Å². The van der Waals surface area contributed by atoms with Gasteiger partial charge < -0.3 is 24.2 Å². The third-order valence-corrected chi connectivity index (χ3v) is 17.3. The van der Waals surface area contributed by atoms with Crippen LogP contribution >= 0.6 is 11.8 Å². The number of rotatable bonds is 9. The number of hydrogen-bond donors (Lipinski definition) is 0. The quantitative estimate of drug-likeness (QED) is 0.134. The summed E-state index contributed by atoms with van der Waals surface area (Å²) in [5.74, 6) is 3.09. The van der Waals surface area contributed by atoms with E-state index in [9.17, 15) is 0 Å². The largest absolute Gasteiger partial charge is 0.457 e. The van der Waals surface area contributed by atoms with Gasteiger partial charge >= 0.3 is 0 Å². The minimum atomic E-state index is -0.126. The first-order chi connectivity index (χ1) is 39.7. The van der Waals surface area contributed by atoms with Crippen LogP contribution in [0.25, 0.3) is 22.3 Å². The Kier molecular flexibility index (Phi) is 10.9. The number of hydrogen-bond acceptors (Lipinski definition) is 6. The van der Waals surface area contributed by atoms with Crippen molar-refractivity contribution in [3.05, 3.63) is 285 Å². The second-order valence-electron chi connectivity index (χ2n) is 20.8. The highest BCUT2D eigenvalue weighted by molar-refractivity contribution is 8.00. The summed E-state index contributed by atoms with van der Waals surface area (Å²) in [5, 5.41) is 0. The molecule has 0 aliphatic carbocycles. The first-order valence-corrected chi connectivity index (χ1v) is 28.1. The van der Waals surface area contributed by atoms with Gasteiger partial charge in [0.1, 0.15) is 23.0 Å². The number of anilines is 9. The van der Waals surface area contributed by atoms with Crippen LogP contribution in [-0.4, -0.2) is 13.4 Å². The normalized spacial score (nSPS) is 13.1. The highest BCUT2D eigenvalue weighted by atomic mass is 32.2. The molecule has 0 N–H and O–H groups in total. The molecule has 374 valence electrons. The highest BCUT2D eigenvalue weighted by Gasteiger charge is 2.47. The maximum atomic E-state index is 7.07. The molecule has 0 atom stereocenters. The van der Waals surface area contributed by atoms with Gasteiger partial charge in [0.15, 0.2) is 0 Å². The van der Waals surface area contributed by atoms with E-state index >= 15 is 0 Å². The van der Waals surface area contributed by atoms with Crippen LogP contribution in [0.15, 0.2) is 295 Å². The fraction of sp³-hybridized carbons (Fsp3) is 0. The summed E-state index contributed by atoms with van der Waals surface area (Å²) in [6.45, 7) is -0.189. The number of fused-ring (bicyclic) bond motifs is 8. The van der Waals surface area contributed by atoms with Crippen LogP contribution in [0.4, 0.5) is 51.2 Å². The molecule has 12 aromatic carbocycles. The van der Waals surface area contributed by atoms with Crippen LogP contribution < -0.4 is 57.0 Å². The predicted molar refractivity (Wildman–Crippen MR) is 334 cm³/mol. The average molecular weight is 1040 g/mol. The third-order valence-electron chi connectivity index (χ3n) is 16.2. The van der Waals surface area contributed by atoms with E-state index in [-0.39, 0.29) is 13.4 Å². The fourth-order valence-corrected chi connectivity index (χ4v) is 13.9. The van der Waals surface area contributed by atoms with Crippen molar-refractivity contribution in [1.29, 1.82) is 0 Å². The predicted octanol–water partition coefficient (Wildman–Crippen LogP) is 15.5. The number of nitrogens with zero attached hydrogens (tertiary/aromatic N) is 3. The van der Waals surface area contributed by atoms with E-state index in [1.165, 1.54) is 53.7 Å². The zero-order valence-electron chi connectivity index (χ0n) is 43.4. The molecule has 0 radical (unpaired) electrons. The van der Waals surface area contributed by atoms with Crippen molar-refractivity contribution < 1.29 is 9.47 Å². The summed E-state index contributed by atoms with van der Waals surface area (Å²) in [6, 6.07) is 103. The molecule has 4 heterocycles. The van der Waals surface area contributed by atoms with Gasteiger partial charge in [-0.25, -0.2) is 0 Å². The van der Waals surface area contributed by atoms with Gasteiger partial charge in [0, 0.05) is 79.2 Å². The average Bonchev–Trinajstić information content (AvgIpc) is 3.69. The van der Waals surface area contributed by atoms with Gasteiger partial charge in [0.05, 0.1) is 0 Å². The second kappa shape index (κ2) is 18.9. The second-order valence-corrected chi connectivity index (χ2v) is 21.8. The van der Waals surface area contributed by atoms with Gasteiger partial charge in [0.2, 0.25) is 6.71 Å². The minimum Gasteiger partial charge on any atom is -0.457 e. The smallest absolute Gasteiger partial charge is 0.252 e. The van der Waals surface area contributed by atoms with Crippen LogP contribution in [0.2, 0.25) is 0 Å². The maximum Gasteiger partial charge on any atom is 0.252 e. The van der Waals surface area contributed by atoms with E-state index in [1.54, 1.807) is 0 Å². The van der Waals surface area contributed by atoms with Gasteiger partial charge in [-0.05, 0) is 134 Å². The molecule has 0 bridgehead atoms. The fourth-order valence-electron chi connectivity index (χ4n) is 12.7. The van der Waals surface area contributed by atoms with E-state index in [4.69, 9.17) is 9.47 Å². The Hall–Kier alpha value is -9.88. The topological polar surface area (TPSA) is 28.2 Å². The molecular formula is C72H47B2N3O2S. The number of para-hydroxylation sites is 4. The van der Waals surface area contributed by atoms with E-state index in [0.717, 1.165) is 85.3 Å². The zero-order valence-corrected chi connectivity index (χ0v) is 44.2. The molecule has 0 saturated carbocycles. The van der Waals surface area contributed by atoms with Crippen LogP contribution in [0.1, 0.15) is 0 Å². The van der Waals surface area contributed by atoms with Crippen molar-refractivity contribution in [3.63, 3.8) is 0 Å². The van der Waals surface area contributed by atoms with E-state index in [1.807, 2.05) is 11.8 Å². The van der Waals surface area contributed by atoms with Crippen molar-refractivity contribution in [1.82, 2.24) is 0 Å². The summed E-state index contributed by atoms with van der Waals surface area (Å²) in [7, 11) is 0. The molecule has 8 heteroatoms. The van der Waals surface area contributed by atoms with Gasteiger partial charge in [-0.2, -0.15) is 0 Å². The van der Waals surface area contributed by atoms with E-state index < -0.39 is 0 Å². The Bertz CT molecular complexity index is 4340.